The van der Waals surface area contributed by atoms with E-state index in [1.165, 1.54) is 16.9 Å². The summed E-state index contributed by atoms with van der Waals surface area (Å²) in [4.78, 5) is 17.1. The summed E-state index contributed by atoms with van der Waals surface area (Å²) >= 11 is 1.48. The van der Waals surface area contributed by atoms with Crippen molar-refractivity contribution in [3.63, 3.8) is 0 Å². The van der Waals surface area contributed by atoms with E-state index in [-0.39, 0.29) is 11.9 Å². The molecule has 1 saturated carbocycles. The van der Waals surface area contributed by atoms with Gasteiger partial charge in [-0.05, 0) is 49.6 Å². The predicted octanol–water partition coefficient (Wildman–Crippen LogP) is 3.24. The minimum Gasteiger partial charge on any atom is -0.341 e. The number of rotatable bonds is 5. The highest BCUT2D eigenvalue weighted by Crippen LogP contribution is 2.35. The number of carbonyl (C=O) groups is 1. The Morgan fingerprint density at radius 2 is 2.15 bits per heavy atom. The van der Waals surface area contributed by atoms with Crippen LogP contribution >= 0.6 is 11.3 Å². The van der Waals surface area contributed by atoms with Crippen molar-refractivity contribution in [2.75, 3.05) is 0 Å². The molecular formula is C18H20N6OS. The Morgan fingerprint density at radius 1 is 1.35 bits per heavy atom. The fraction of sp³-hybridized carbons (Fsp3) is 0.389. The average molecular weight is 368 g/mol. The molecule has 1 aliphatic carbocycles. The van der Waals surface area contributed by atoms with Crippen molar-refractivity contribution in [1.29, 1.82) is 0 Å². The molecule has 7 nitrogen and oxygen atoms in total. The first-order valence-corrected chi connectivity index (χ1v) is 9.52. The standard InChI is InChI=1S/C18H20N6OS/c1-10-4-7-14(11(2)8-10)18-20-15(9-26-18)17(25)19-12(3)16-21-22-23-24(16)13-5-6-13/h4,7-9,12-13H,5-6H2,1-3H3,(H,19,25). The summed E-state index contributed by atoms with van der Waals surface area (Å²) < 4.78 is 1.81. The van der Waals surface area contributed by atoms with Gasteiger partial charge in [-0.25, -0.2) is 9.67 Å². The van der Waals surface area contributed by atoms with Gasteiger partial charge in [0, 0.05) is 10.9 Å². The van der Waals surface area contributed by atoms with Gasteiger partial charge in [0.2, 0.25) is 0 Å². The predicted molar refractivity (Wildman–Crippen MR) is 99.0 cm³/mol. The van der Waals surface area contributed by atoms with Gasteiger partial charge < -0.3 is 5.32 Å². The lowest BCUT2D eigenvalue weighted by Gasteiger charge is -2.12. The van der Waals surface area contributed by atoms with Crippen molar-refractivity contribution in [3.05, 3.63) is 46.2 Å². The molecule has 1 atom stereocenters. The van der Waals surface area contributed by atoms with E-state index in [1.807, 2.05) is 11.6 Å². The third kappa shape index (κ3) is 3.24. The Balaban J connectivity index is 1.50. The summed E-state index contributed by atoms with van der Waals surface area (Å²) in [7, 11) is 0. The molecule has 0 aliphatic heterocycles. The molecule has 1 N–H and O–H groups in total. The van der Waals surface area contributed by atoms with Crippen LogP contribution in [0.25, 0.3) is 10.6 Å². The molecule has 4 rings (SSSR count). The number of benzene rings is 1. The first-order chi connectivity index (χ1) is 12.5. The van der Waals surface area contributed by atoms with Gasteiger partial charge in [0.1, 0.15) is 10.7 Å². The molecule has 1 unspecified atom stereocenters. The lowest BCUT2D eigenvalue weighted by molar-refractivity contribution is 0.0933. The number of thiazole rings is 1. The maximum absolute atomic E-state index is 12.6. The summed E-state index contributed by atoms with van der Waals surface area (Å²) in [5.74, 6) is 0.473. The van der Waals surface area contributed by atoms with Gasteiger partial charge in [-0.15, -0.1) is 16.4 Å². The van der Waals surface area contributed by atoms with Gasteiger partial charge in [-0.2, -0.15) is 0 Å². The number of hydrogen-bond acceptors (Lipinski definition) is 6. The molecule has 3 aromatic rings. The van der Waals surface area contributed by atoms with Crippen LogP contribution in [0.3, 0.4) is 0 Å². The third-order valence-corrected chi connectivity index (χ3v) is 5.37. The van der Waals surface area contributed by atoms with Crippen molar-refractivity contribution in [2.24, 2.45) is 0 Å². The van der Waals surface area contributed by atoms with E-state index in [0.29, 0.717) is 17.6 Å². The summed E-state index contributed by atoms with van der Waals surface area (Å²) in [6.07, 6.45) is 2.17. The van der Waals surface area contributed by atoms with Crippen LogP contribution in [0.5, 0.6) is 0 Å². The van der Waals surface area contributed by atoms with Gasteiger partial charge in [-0.3, -0.25) is 4.79 Å². The minimum atomic E-state index is -0.274. The molecule has 26 heavy (non-hydrogen) atoms. The van der Waals surface area contributed by atoms with Crippen LogP contribution in [0.1, 0.15) is 59.3 Å². The molecule has 1 fully saturated rings. The summed E-state index contributed by atoms with van der Waals surface area (Å²) in [5.41, 5.74) is 3.85. The Morgan fingerprint density at radius 3 is 2.88 bits per heavy atom. The second-order valence-electron chi connectivity index (χ2n) is 6.76. The van der Waals surface area contributed by atoms with Crippen molar-refractivity contribution in [3.8, 4) is 10.6 Å². The molecule has 2 heterocycles. The smallest absolute Gasteiger partial charge is 0.271 e. The monoisotopic (exact) mass is 368 g/mol. The zero-order valence-electron chi connectivity index (χ0n) is 14.9. The second kappa shape index (κ2) is 6.60. The lowest BCUT2D eigenvalue weighted by atomic mass is 10.1. The van der Waals surface area contributed by atoms with Crippen LogP contribution in [0.4, 0.5) is 0 Å². The highest BCUT2D eigenvalue weighted by Gasteiger charge is 2.30. The number of tetrazole rings is 1. The van der Waals surface area contributed by atoms with Gasteiger partial charge >= 0.3 is 0 Å². The second-order valence-corrected chi connectivity index (χ2v) is 7.62. The first-order valence-electron chi connectivity index (χ1n) is 8.64. The molecule has 1 aromatic carbocycles. The van der Waals surface area contributed by atoms with Crippen molar-refractivity contribution in [2.45, 2.75) is 45.7 Å². The van der Waals surface area contributed by atoms with Crippen LogP contribution in [-0.4, -0.2) is 31.1 Å². The highest BCUT2D eigenvalue weighted by atomic mass is 32.1. The molecular weight excluding hydrogens is 348 g/mol. The number of aromatic nitrogens is 5. The molecule has 0 spiro atoms. The number of aryl methyl sites for hydroxylation is 2. The van der Waals surface area contributed by atoms with Gasteiger partial charge in [0.15, 0.2) is 5.82 Å². The molecule has 1 aliphatic rings. The zero-order chi connectivity index (χ0) is 18.3. The average Bonchev–Trinajstić information content (AvgIpc) is 3.13. The summed E-state index contributed by atoms with van der Waals surface area (Å²) in [6.45, 7) is 6.01. The number of nitrogens with zero attached hydrogens (tertiary/aromatic N) is 5. The van der Waals surface area contributed by atoms with Gasteiger partial charge in [0.25, 0.3) is 5.91 Å². The largest absolute Gasteiger partial charge is 0.341 e. The number of nitrogens with one attached hydrogen (secondary N) is 1. The molecule has 0 radical (unpaired) electrons. The topological polar surface area (TPSA) is 85.6 Å². The van der Waals surface area contributed by atoms with Crippen LogP contribution < -0.4 is 5.32 Å². The maximum atomic E-state index is 12.6. The van der Waals surface area contributed by atoms with E-state index >= 15 is 0 Å². The molecule has 134 valence electrons. The minimum absolute atomic E-state index is 0.213. The Bertz CT molecular complexity index is 958. The van der Waals surface area contributed by atoms with Crippen molar-refractivity contribution >= 4 is 17.2 Å². The molecule has 1 amide bonds. The van der Waals surface area contributed by atoms with E-state index in [1.54, 1.807) is 5.38 Å². The normalized spacial score (nSPS) is 15.0. The quantitative estimate of drug-likeness (QED) is 0.747. The van der Waals surface area contributed by atoms with E-state index in [2.05, 4.69) is 57.9 Å². The van der Waals surface area contributed by atoms with Gasteiger partial charge in [-0.1, -0.05) is 23.8 Å². The van der Waals surface area contributed by atoms with Crippen LogP contribution in [0.15, 0.2) is 23.6 Å². The maximum Gasteiger partial charge on any atom is 0.271 e. The van der Waals surface area contributed by atoms with Crippen LogP contribution in [-0.2, 0) is 0 Å². The van der Waals surface area contributed by atoms with E-state index in [9.17, 15) is 4.79 Å². The van der Waals surface area contributed by atoms with Crippen LogP contribution in [0.2, 0.25) is 0 Å². The van der Waals surface area contributed by atoms with Crippen molar-refractivity contribution in [1.82, 2.24) is 30.5 Å². The Kier molecular flexibility index (Phi) is 4.28. The Labute approximate surface area is 155 Å². The van der Waals surface area contributed by atoms with Crippen LogP contribution in [0, 0.1) is 13.8 Å². The van der Waals surface area contributed by atoms with E-state index < -0.39 is 0 Å². The highest BCUT2D eigenvalue weighted by molar-refractivity contribution is 7.13. The van der Waals surface area contributed by atoms with E-state index in [0.717, 1.165) is 29.0 Å². The summed E-state index contributed by atoms with van der Waals surface area (Å²) in [6, 6.07) is 6.33. The van der Waals surface area contributed by atoms with Crippen molar-refractivity contribution < 1.29 is 4.79 Å². The SMILES string of the molecule is Cc1ccc(-c2nc(C(=O)NC(C)c3nnnn3C3CC3)cs2)c(C)c1. The molecule has 0 saturated heterocycles. The fourth-order valence-electron chi connectivity index (χ4n) is 2.96. The Hall–Kier alpha value is -2.61. The number of carbonyl (C=O) groups excluding carboxylic acids is 1. The molecule has 0 bridgehead atoms. The number of amides is 1. The lowest BCUT2D eigenvalue weighted by Crippen LogP contribution is -2.29. The zero-order valence-corrected chi connectivity index (χ0v) is 15.7. The molecule has 2 aromatic heterocycles. The first kappa shape index (κ1) is 16.8. The molecule has 8 heteroatoms. The summed E-state index contributed by atoms with van der Waals surface area (Å²) in [5, 5.41) is 17.4. The third-order valence-electron chi connectivity index (χ3n) is 4.50. The number of hydrogen-bond donors (Lipinski definition) is 1. The van der Waals surface area contributed by atoms with E-state index in [4.69, 9.17) is 0 Å². The van der Waals surface area contributed by atoms with Gasteiger partial charge in [0.05, 0.1) is 12.1 Å². The fourth-order valence-corrected chi connectivity index (χ4v) is 3.85.